The number of halogens is 1. The molecule has 25 heteroatoms. The third kappa shape index (κ3) is 18.9. The van der Waals surface area contributed by atoms with Crippen LogP contribution < -0.4 is 59.7 Å². The van der Waals surface area contributed by atoms with Crippen LogP contribution in [-0.4, -0.2) is 150 Å². The number of hydrogen-bond acceptors (Lipinski definition) is 13. The van der Waals surface area contributed by atoms with Crippen LogP contribution in [0.1, 0.15) is 84.6 Å². The second-order valence-corrected chi connectivity index (χ2v) is 17.8. The molecule has 2 aliphatic heterocycles. The first-order chi connectivity index (χ1) is 32.5. The van der Waals surface area contributed by atoms with E-state index in [0.717, 1.165) is 4.90 Å². The van der Waals surface area contributed by atoms with Crippen LogP contribution in [0.5, 0.6) is 5.75 Å². The Morgan fingerprint density at radius 1 is 0.812 bits per heavy atom. The fourth-order valence-corrected chi connectivity index (χ4v) is 7.76. The molecule has 0 aromatic heterocycles. The molecular weight excluding hydrogens is 908 g/mol. The van der Waals surface area contributed by atoms with Gasteiger partial charge in [-0.25, -0.2) is 4.39 Å². The Kier molecular flexibility index (Phi) is 22.2. The smallest absolute Gasteiger partial charge is 0.245 e. The number of primary amides is 3. The number of aromatic hydroxyl groups is 1. The topological polar surface area (TPSA) is 386 Å². The highest BCUT2D eigenvalue weighted by Crippen LogP contribution is 2.23. The zero-order valence-corrected chi connectivity index (χ0v) is 39.3. The molecule has 382 valence electrons. The maximum Gasteiger partial charge on any atom is 0.245 e. The number of nitrogens with two attached hydrogens (primary N) is 3. The van der Waals surface area contributed by atoms with Gasteiger partial charge in [-0.2, -0.15) is 0 Å². The molecule has 9 atom stereocenters. The molecule has 0 saturated carbocycles. The number of nitrogens with zero attached hydrogens (tertiary/aromatic N) is 1. The highest BCUT2D eigenvalue weighted by molar-refractivity contribution is 5.99. The molecule has 9 unspecified atom stereocenters. The van der Waals surface area contributed by atoms with Crippen LogP contribution in [0.2, 0.25) is 0 Å². The van der Waals surface area contributed by atoms with Crippen molar-refractivity contribution in [3.05, 3.63) is 29.8 Å². The second-order valence-electron chi connectivity index (χ2n) is 17.8. The second kappa shape index (κ2) is 27.2. The van der Waals surface area contributed by atoms with E-state index in [9.17, 15) is 57.8 Å². The maximum absolute atomic E-state index is 15.2. The molecule has 2 fully saturated rings. The molecule has 1 aromatic carbocycles. The molecule has 15 N–H and O–H groups in total. The standard InChI is InChI=1S/C44H67FN12O12/c1-5-23(4)38-43(68)53-28(10-12-33(46)59)39(64)55-31(17-34(47)60)40(65)54-29(11-13-36(62)50-20-37(63)52-30(41(66)56-38)15-24-6-8-27(58)9-7-24)44(69)57-21-25(45)16-32(57)42(67)51-26(14-22(2)3)18-49-19-35(48)61/h6-9,22-23,25-26,28-32,38,49,58H,5,10-21H2,1-4H3,(H2,46,59)(H2,47,60)(H2,48,61)(H,50,62)(H,51,67)(H,52,63)(H,53,68)(H,54,65)(H,55,64)(H,56,66). The summed E-state index contributed by atoms with van der Waals surface area (Å²) in [6.45, 7) is 5.70. The summed E-state index contributed by atoms with van der Waals surface area (Å²) in [6.07, 6.45) is -4.48. The SMILES string of the molecule is CCC(C)C1NC(=O)C(Cc2ccc(O)cc2)NC(=O)CNC(=O)CCC(C(=O)N2CC(F)CC2C(=O)NC(CNCC(N)=O)CC(C)C)NC(=O)C(CC(N)=O)NC(=O)C(CCC(N)=O)NC1=O. The normalized spacial score (nSPS) is 24.3. The van der Waals surface area contributed by atoms with Crippen molar-refractivity contribution in [2.75, 3.05) is 26.2 Å². The van der Waals surface area contributed by atoms with Gasteiger partial charge in [0.25, 0.3) is 0 Å². The predicted molar refractivity (Wildman–Crippen MR) is 244 cm³/mol. The van der Waals surface area contributed by atoms with Crippen molar-refractivity contribution >= 4 is 65.0 Å². The van der Waals surface area contributed by atoms with E-state index in [2.05, 4.69) is 42.5 Å². The minimum atomic E-state index is -1.86. The number of amides is 11. The first-order valence-electron chi connectivity index (χ1n) is 22.8. The lowest BCUT2D eigenvalue weighted by atomic mass is 9.96. The number of rotatable bonds is 18. The van der Waals surface area contributed by atoms with Gasteiger partial charge in [0, 0.05) is 38.3 Å². The molecule has 2 heterocycles. The Balaban J connectivity index is 2.07. The van der Waals surface area contributed by atoms with E-state index in [0.29, 0.717) is 18.4 Å². The van der Waals surface area contributed by atoms with E-state index < -0.39 is 171 Å². The summed E-state index contributed by atoms with van der Waals surface area (Å²) in [4.78, 5) is 147. The lowest BCUT2D eigenvalue weighted by molar-refractivity contribution is -0.142. The quantitative estimate of drug-likeness (QED) is 0.0669. The van der Waals surface area contributed by atoms with Crippen molar-refractivity contribution in [1.29, 1.82) is 0 Å². The highest BCUT2D eigenvalue weighted by Gasteiger charge is 2.43. The van der Waals surface area contributed by atoms with Crippen molar-refractivity contribution in [3.63, 3.8) is 0 Å². The maximum atomic E-state index is 15.2. The largest absolute Gasteiger partial charge is 0.508 e. The average Bonchev–Trinajstić information content (AvgIpc) is 3.67. The number of nitrogens with one attached hydrogen (secondary N) is 8. The van der Waals surface area contributed by atoms with E-state index >= 15 is 4.39 Å². The first-order valence-corrected chi connectivity index (χ1v) is 22.8. The van der Waals surface area contributed by atoms with Gasteiger partial charge in [-0.05, 0) is 48.8 Å². The Labute approximate surface area is 398 Å². The minimum absolute atomic E-state index is 0.0474. The molecule has 69 heavy (non-hydrogen) atoms. The first kappa shape index (κ1) is 56.4. The number of carbonyl (C=O) groups is 11. The summed E-state index contributed by atoms with van der Waals surface area (Å²) in [7, 11) is 0. The summed E-state index contributed by atoms with van der Waals surface area (Å²) in [5.41, 5.74) is 16.6. The van der Waals surface area contributed by atoms with Gasteiger partial charge in [0.1, 0.15) is 48.2 Å². The molecule has 0 radical (unpaired) electrons. The van der Waals surface area contributed by atoms with Crippen molar-refractivity contribution in [2.45, 2.75) is 134 Å². The Bertz CT molecular complexity index is 2040. The Morgan fingerprint density at radius 2 is 1.45 bits per heavy atom. The third-order valence-corrected chi connectivity index (χ3v) is 11.5. The molecular formula is C44H67FN12O12. The van der Waals surface area contributed by atoms with E-state index in [-0.39, 0.29) is 31.2 Å². The van der Waals surface area contributed by atoms with Crippen molar-refractivity contribution < 1.29 is 62.2 Å². The molecule has 2 aliphatic rings. The van der Waals surface area contributed by atoms with E-state index in [1.807, 2.05) is 13.8 Å². The van der Waals surface area contributed by atoms with Crippen LogP contribution >= 0.6 is 0 Å². The number of benzene rings is 1. The van der Waals surface area contributed by atoms with Gasteiger partial charge in [0.2, 0.25) is 65.0 Å². The van der Waals surface area contributed by atoms with E-state index in [1.54, 1.807) is 13.8 Å². The van der Waals surface area contributed by atoms with Gasteiger partial charge in [-0.1, -0.05) is 46.2 Å². The summed E-state index contributed by atoms with van der Waals surface area (Å²) in [5.74, 6) is -10.8. The number of likely N-dealkylation sites (tertiary alicyclic amines) is 1. The summed E-state index contributed by atoms with van der Waals surface area (Å²) < 4.78 is 15.2. The minimum Gasteiger partial charge on any atom is -0.508 e. The predicted octanol–water partition coefficient (Wildman–Crippen LogP) is -4.00. The van der Waals surface area contributed by atoms with Gasteiger partial charge in [-0.3, -0.25) is 52.7 Å². The fraction of sp³-hybridized carbons (Fsp3) is 0.614. The van der Waals surface area contributed by atoms with Gasteiger partial charge >= 0.3 is 0 Å². The molecule has 0 aliphatic carbocycles. The highest BCUT2D eigenvalue weighted by atomic mass is 19.1. The lowest BCUT2D eigenvalue weighted by Crippen LogP contribution is -2.61. The Morgan fingerprint density at radius 3 is 2.06 bits per heavy atom. The Hall–Kier alpha value is -6.92. The van der Waals surface area contributed by atoms with Crippen LogP contribution in [0.3, 0.4) is 0 Å². The summed E-state index contributed by atoms with van der Waals surface area (Å²) in [6, 6.07) is -4.28. The number of alkyl halides is 1. The number of phenolic OH excluding ortho intramolecular Hbond substituents is 1. The average molecular weight is 975 g/mol. The van der Waals surface area contributed by atoms with Crippen LogP contribution in [0.15, 0.2) is 24.3 Å². The summed E-state index contributed by atoms with van der Waals surface area (Å²) in [5, 5.41) is 30.2. The monoisotopic (exact) mass is 974 g/mol. The van der Waals surface area contributed by atoms with Gasteiger partial charge < -0.3 is 69.7 Å². The molecule has 1 aromatic rings. The van der Waals surface area contributed by atoms with Crippen molar-refractivity contribution in [1.82, 2.24) is 47.4 Å². The van der Waals surface area contributed by atoms with Gasteiger partial charge in [0.15, 0.2) is 0 Å². The summed E-state index contributed by atoms with van der Waals surface area (Å²) >= 11 is 0. The number of carbonyl (C=O) groups excluding carboxylic acids is 11. The molecule has 11 amide bonds. The van der Waals surface area contributed by atoms with Crippen LogP contribution in [0.25, 0.3) is 0 Å². The molecule has 0 bridgehead atoms. The fourth-order valence-electron chi connectivity index (χ4n) is 7.76. The number of hydrogen-bond donors (Lipinski definition) is 12. The molecule has 0 spiro atoms. The van der Waals surface area contributed by atoms with Crippen LogP contribution in [0, 0.1) is 11.8 Å². The van der Waals surface area contributed by atoms with Crippen molar-refractivity contribution in [2.24, 2.45) is 29.0 Å². The van der Waals surface area contributed by atoms with Gasteiger partial charge in [-0.15, -0.1) is 0 Å². The lowest BCUT2D eigenvalue weighted by Gasteiger charge is -2.31. The zero-order valence-electron chi connectivity index (χ0n) is 39.3. The molecule has 3 rings (SSSR count). The third-order valence-electron chi connectivity index (χ3n) is 11.5. The van der Waals surface area contributed by atoms with Crippen molar-refractivity contribution in [3.8, 4) is 5.75 Å². The van der Waals surface area contributed by atoms with E-state index in [4.69, 9.17) is 17.2 Å². The van der Waals surface area contributed by atoms with Crippen LogP contribution in [0.4, 0.5) is 4.39 Å². The van der Waals surface area contributed by atoms with Gasteiger partial charge in [0.05, 0.1) is 26.1 Å². The number of phenols is 1. The van der Waals surface area contributed by atoms with E-state index in [1.165, 1.54) is 24.3 Å². The molecule has 2 saturated heterocycles. The van der Waals surface area contributed by atoms with Crippen LogP contribution in [-0.2, 0) is 59.2 Å². The molecule has 24 nitrogen and oxygen atoms in total. The zero-order chi connectivity index (χ0) is 51.5.